The second kappa shape index (κ2) is 29.6. The van der Waals surface area contributed by atoms with Gasteiger partial charge in [-0.05, 0) is 115 Å². The average molecular weight is 1020 g/mol. The van der Waals surface area contributed by atoms with Gasteiger partial charge in [-0.3, -0.25) is 8.97 Å². The molecule has 0 aliphatic rings. The van der Waals surface area contributed by atoms with Crippen LogP contribution in [0.3, 0.4) is 0 Å². The summed E-state index contributed by atoms with van der Waals surface area (Å²) in [5, 5.41) is 0.589. The fourth-order valence-corrected chi connectivity index (χ4v) is 11.6. The molecule has 12 heteroatoms. The Morgan fingerprint density at radius 1 is 0.403 bits per heavy atom. The number of unbranched alkanes of at least 4 members (excludes halogenated alkanes) is 12. The molecule has 0 spiro atoms. The van der Waals surface area contributed by atoms with Gasteiger partial charge in [0.2, 0.25) is 0 Å². The van der Waals surface area contributed by atoms with Gasteiger partial charge in [-0.1, -0.05) is 152 Å². The van der Waals surface area contributed by atoms with Gasteiger partial charge in [0, 0.05) is 16.5 Å². The number of hydrogen-bond donors (Lipinski definition) is 0. The minimum Gasteiger partial charge on any atom is -0.744 e. The number of quaternary nitrogens is 2. The van der Waals surface area contributed by atoms with E-state index in [1.165, 1.54) is 54.3 Å². The van der Waals surface area contributed by atoms with Crippen molar-refractivity contribution in [2.45, 2.75) is 139 Å². The lowest BCUT2D eigenvalue weighted by atomic mass is 9.91. The van der Waals surface area contributed by atoms with Gasteiger partial charge in [-0.25, -0.2) is 16.8 Å². The molecule has 0 bridgehead atoms. The Balaban J connectivity index is 0.000000260. The molecule has 72 heavy (non-hydrogen) atoms. The molecule has 0 amide bonds. The zero-order chi connectivity index (χ0) is 52.6. The van der Waals surface area contributed by atoms with Crippen LogP contribution >= 0.6 is 0 Å². The molecule has 0 saturated heterocycles. The van der Waals surface area contributed by atoms with E-state index in [-0.39, 0.29) is 17.4 Å². The number of aryl methyl sites for hydroxylation is 1. The van der Waals surface area contributed by atoms with Gasteiger partial charge in [0.15, 0.2) is 0 Å². The molecule has 0 heterocycles. The van der Waals surface area contributed by atoms with E-state index in [4.69, 9.17) is 9.47 Å². The Kier molecular flexibility index (Phi) is 24.4. The zero-order valence-electron chi connectivity index (χ0n) is 44.4. The van der Waals surface area contributed by atoms with Crippen molar-refractivity contribution in [2.24, 2.45) is 0 Å². The van der Waals surface area contributed by atoms with Crippen molar-refractivity contribution in [1.29, 1.82) is 0 Å². The average Bonchev–Trinajstić information content (AvgIpc) is 3.36. The van der Waals surface area contributed by atoms with Crippen LogP contribution in [0, 0.1) is 0 Å². The molecule has 0 radical (unpaired) electrons. The number of fused-ring (bicyclic) bond motifs is 1. The van der Waals surface area contributed by atoms with Crippen LogP contribution in [0.15, 0.2) is 143 Å². The van der Waals surface area contributed by atoms with Gasteiger partial charge in [0.05, 0.1) is 52.2 Å². The molecule has 0 aliphatic carbocycles. The molecule has 0 saturated carbocycles. The molecule has 392 valence electrons. The predicted molar refractivity (Wildman–Crippen MR) is 297 cm³/mol. The molecule has 0 atom stereocenters. The van der Waals surface area contributed by atoms with Crippen molar-refractivity contribution >= 4 is 42.4 Å². The third-order valence-electron chi connectivity index (χ3n) is 13.3. The maximum Gasteiger partial charge on any atom is 0.132 e. The van der Waals surface area contributed by atoms with Crippen LogP contribution < -0.4 is 18.4 Å². The Bertz CT molecular complexity index is 2630. The minimum atomic E-state index is -5.20. The number of rotatable bonds is 26. The van der Waals surface area contributed by atoms with Crippen molar-refractivity contribution in [3.05, 3.63) is 156 Å². The highest BCUT2D eigenvalue weighted by molar-refractivity contribution is 7.89. The quantitative estimate of drug-likeness (QED) is 0.0298. The number of nitrogens with zero attached hydrogens (tertiary/aromatic N) is 2. The number of methoxy groups -OCH3 is 2. The Morgan fingerprint density at radius 3 is 1.10 bits per heavy atom. The molecule has 10 nitrogen and oxygen atoms in total. The first kappa shape index (κ1) is 59.5. The first-order chi connectivity index (χ1) is 34.4. The first-order valence-electron chi connectivity index (χ1n) is 25.9. The third-order valence-corrected chi connectivity index (χ3v) is 15.3. The highest BCUT2D eigenvalue weighted by Crippen LogP contribution is 2.38. The number of ether oxygens (including phenoxy) is 2. The Labute approximate surface area is 433 Å². The fourth-order valence-electron chi connectivity index (χ4n) is 9.30. The van der Waals surface area contributed by atoms with Gasteiger partial charge in [0.25, 0.3) is 0 Å². The van der Waals surface area contributed by atoms with Crippen LogP contribution in [-0.4, -0.2) is 68.4 Å². The smallest absolute Gasteiger partial charge is 0.132 e. The molecule has 6 aromatic carbocycles. The number of benzene rings is 6. The molecule has 6 aromatic rings. The molecule has 6 rings (SSSR count). The zero-order valence-corrected chi connectivity index (χ0v) is 46.0. The Hall–Kier alpha value is -5.08. The topological polar surface area (TPSA) is 133 Å². The van der Waals surface area contributed by atoms with Crippen molar-refractivity contribution < 1.29 is 35.4 Å². The van der Waals surface area contributed by atoms with Crippen LogP contribution in [0.2, 0.25) is 0 Å². The Morgan fingerprint density at radius 2 is 0.736 bits per heavy atom. The van der Waals surface area contributed by atoms with Gasteiger partial charge >= 0.3 is 0 Å². The lowest BCUT2D eigenvalue weighted by molar-refractivity contribution is 0.390. The normalized spacial score (nSPS) is 11.9. The van der Waals surface area contributed by atoms with Gasteiger partial charge in [-0.2, -0.15) is 0 Å². The predicted octanol–water partition coefficient (Wildman–Crippen LogP) is 14.2. The van der Waals surface area contributed by atoms with E-state index >= 15 is 0 Å². The summed E-state index contributed by atoms with van der Waals surface area (Å²) in [6, 6.07) is 44.2. The number of para-hydroxylation sites is 2. The molecular formula is C60H82N2O8S2. The second-order valence-corrected chi connectivity index (χ2v) is 22.5. The van der Waals surface area contributed by atoms with E-state index < -0.39 is 30.0 Å². The van der Waals surface area contributed by atoms with Gasteiger partial charge < -0.3 is 18.6 Å². The SMILES string of the molecule is CCCCCCCCCc1c(S(=O)(=O)[O-])c(S(=O)(=O)[O-])c2ccccc2c1CCCCCCCCC.COc1ccc(C[N+](C)(C)c2ccccc2)cc1.COc1ccc(C[N+](C)(C)c2ccccc2)cc1. The summed E-state index contributed by atoms with van der Waals surface area (Å²) in [5.74, 6) is 1.81. The molecular weight excluding hydrogens is 941 g/mol. The lowest BCUT2D eigenvalue weighted by Gasteiger charge is -2.29. The van der Waals surface area contributed by atoms with Crippen LogP contribution in [0.1, 0.15) is 126 Å². The highest BCUT2D eigenvalue weighted by atomic mass is 32.2. The van der Waals surface area contributed by atoms with Crippen LogP contribution in [0.4, 0.5) is 11.4 Å². The van der Waals surface area contributed by atoms with Crippen molar-refractivity contribution in [3.63, 3.8) is 0 Å². The van der Waals surface area contributed by atoms with Gasteiger partial charge in [-0.15, -0.1) is 0 Å². The summed E-state index contributed by atoms with van der Waals surface area (Å²) in [4.78, 5) is -1.70. The van der Waals surface area contributed by atoms with Crippen LogP contribution in [-0.2, 0) is 46.2 Å². The van der Waals surface area contributed by atoms with Crippen molar-refractivity contribution in [2.75, 3.05) is 42.4 Å². The summed E-state index contributed by atoms with van der Waals surface area (Å²) in [7, 11) is 1.89. The van der Waals surface area contributed by atoms with E-state index in [2.05, 4.69) is 127 Å². The summed E-state index contributed by atoms with van der Waals surface area (Å²) < 4.78 is 86.2. The molecule has 0 aliphatic heterocycles. The lowest BCUT2D eigenvalue weighted by Crippen LogP contribution is -2.39. The van der Waals surface area contributed by atoms with E-state index in [1.807, 2.05) is 24.3 Å². The van der Waals surface area contributed by atoms with E-state index in [0.29, 0.717) is 23.8 Å². The summed E-state index contributed by atoms with van der Waals surface area (Å²) >= 11 is 0. The standard InChI is InChI=1S/C28H44O6S2.2C16H20NO/c1-3-5-7-9-11-13-15-19-23-24-20-17-18-22-26(24)28(36(32,33)34)27(35(29,30)31)25(23)21-16-14-12-10-8-6-4-2;2*1-17(2,15-7-5-4-6-8-15)13-14-9-11-16(18-3)12-10-14/h17-18,20,22H,3-16,19,21H2,1-2H3,(H,29,30,31)(H,32,33,34);2*4-12H,13H2,1-3H3/q;2*+1/p-2. The molecule has 0 N–H and O–H groups in total. The maximum atomic E-state index is 12.4. The first-order valence-corrected chi connectivity index (χ1v) is 28.7. The third kappa shape index (κ3) is 19.1. The fraction of sp³-hybridized carbons (Fsp3) is 0.433. The largest absolute Gasteiger partial charge is 0.744 e. The summed E-state index contributed by atoms with van der Waals surface area (Å²) in [6.45, 7) is 6.26. The monoisotopic (exact) mass is 1020 g/mol. The van der Waals surface area contributed by atoms with Crippen molar-refractivity contribution in [1.82, 2.24) is 8.97 Å². The molecule has 0 fully saturated rings. The minimum absolute atomic E-state index is 0.0307. The molecule has 0 unspecified atom stereocenters. The highest BCUT2D eigenvalue weighted by Gasteiger charge is 2.26. The second-order valence-electron chi connectivity index (χ2n) is 19.9. The van der Waals surface area contributed by atoms with Crippen LogP contribution in [0.5, 0.6) is 11.5 Å². The van der Waals surface area contributed by atoms with E-state index in [9.17, 15) is 25.9 Å². The summed E-state index contributed by atoms with van der Waals surface area (Å²) in [5.41, 5.74) is 6.18. The van der Waals surface area contributed by atoms with Crippen LogP contribution in [0.25, 0.3) is 10.8 Å². The molecule has 0 aromatic heterocycles. The number of hydrogen-bond acceptors (Lipinski definition) is 8. The summed E-state index contributed by atoms with van der Waals surface area (Å²) in [6.07, 6.45) is 15.4. The van der Waals surface area contributed by atoms with E-state index in [0.717, 1.165) is 91.3 Å². The maximum absolute atomic E-state index is 12.4. The van der Waals surface area contributed by atoms with Gasteiger partial charge in [0.1, 0.15) is 56.2 Å². The van der Waals surface area contributed by atoms with Crippen molar-refractivity contribution in [3.8, 4) is 11.5 Å². The van der Waals surface area contributed by atoms with E-state index in [1.54, 1.807) is 32.4 Å².